The van der Waals surface area contributed by atoms with Crippen LogP contribution in [0.25, 0.3) is 0 Å². The number of carbonyl (C=O) groups is 1. The largest absolute Gasteiger partial charge is 0.338 e. The Bertz CT molecular complexity index is 360. The zero-order valence-corrected chi connectivity index (χ0v) is 13.2. The molecule has 2 unspecified atom stereocenters. The lowest BCUT2D eigenvalue weighted by Gasteiger charge is -2.42. The molecule has 0 spiro atoms. The summed E-state index contributed by atoms with van der Waals surface area (Å²) >= 11 is 0. The molecule has 0 aromatic heterocycles. The van der Waals surface area contributed by atoms with Gasteiger partial charge in [0.1, 0.15) is 0 Å². The average molecular weight is 278 g/mol. The molecule has 2 heterocycles. The van der Waals surface area contributed by atoms with Gasteiger partial charge < -0.3 is 10.2 Å². The van der Waals surface area contributed by atoms with Gasteiger partial charge in [-0.05, 0) is 56.4 Å². The van der Waals surface area contributed by atoms with E-state index in [-0.39, 0.29) is 11.5 Å². The van der Waals surface area contributed by atoms with Crippen molar-refractivity contribution in [1.29, 1.82) is 0 Å². The highest BCUT2D eigenvalue weighted by molar-refractivity contribution is 5.83. The number of hydrogen-bond donors (Lipinski definition) is 1. The molecule has 1 aliphatic carbocycles. The lowest BCUT2D eigenvalue weighted by Crippen LogP contribution is -2.58. The summed E-state index contributed by atoms with van der Waals surface area (Å²) in [5.74, 6) is 1.18. The van der Waals surface area contributed by atoms with E-state index < -0.39 is 0 Å². The number of piperidine rings is 1. The predicted octanol–water partition coefficient (Wildman–Crippen LogP) is 2.95. The minimum absolute atomic E-state index is 0.0400. The number of carbonyl (C=O) groups excluding carboxylic acids is 1. The summed E-state index contributed by atoms with van der Waals surface area (Å²) in [7, 11) is 0. The second-order valence-electron chi connectivity index (χ2n) is 7.77. The molecule has 1 amide bonds. The summed E-state index contributed by atoms with van der Waals surface area (Å²) in [6, 6.07) is 0.586. The molecule has 3 rings (SSSR count). The second kappa shape index (κ2) is 5.67. The highest BCUT2D eigenvalue weighted by Crippen LogP contribution is 2.38. The van der Waals surface area contributed by atoms with Crippen molar-refractivity contribution in [1.82, 2.24) is 10.2 Å². The Balaban J connectivity index is 1.71. The summed E-state index contributed by atoms with van der Waals surface area (Å²) in [5.41, 5.74) is 0.109. The molecule has 2 atom stereocenters. The van der Waals surface area contributed by atoms with Crippen molar-refractivity contribution in [2.45, 2.75) is 77.3 Å². The first-order valence-electron chi connectivity index (χ1n) is 8.63. The first-order valence-corrected chi connectivity index (χ1v) is 8.63. The molecule has 3 nitrogen and oxygen atoms in total. The Kier molecular flexibility index (Phi) is 4.07. The molecule has 3 fully saturated rings. The lowest BCUT2D eigenvalue weighted by atomic mass is 9.76. The molecular weight excluding hydrogens is 248 g/mol. The molecule has 0 bridgehead atoms. The minimum atomic E-state index is 0.0400. The zero-order chi connectivity index (χ0) is 14.2. The Morgan fingerprint density at radius 2 is 1.85 bits per heavy atom. The molecule has 0 aromatic carbocycles. The van der Waals surface area contributed by atoms with Gasteiger partial charge in [-0.15, -0.1) is 0 Å². The van der Waals surface area contributed by atoms with Crippen LogP contribution in [0.2, 0.25) is 0 Å². The molecule has 2 saturated heterocycles. The van der Waals surface area contributed by atoms with Crippen LogP contribution in [0.3, 0.4) is 0 Å². The monoisotopic (exact) mass is 278 g/mol. The Labute approximate surface area is 123 Å². The smallest absolute Gasteiger partial charge is 0.240 e. The summed E-state index contributed by atoms with van der Waals surface area (Å²) in [6.07, 6.45) is 10.2. The summed E-state index contributed by atoms with van der Waals surface area (Å²) in [4.78, 5) is 15.3. The number of nitrogens with zero attached hydrogens (tertiary/aromatic N) is 1. The molecule has 3 aliphatic rings. The van der Waals surface area contributed by atoms with Crippen molar-refractivity contribution in [3.8, 4) is 0 Å². The van der Waals surface area contributed by atoms with E-state index in [4.69, 9.17) is 0 Å². The van der Waals surface area contributed by atoms with Crippen LogP contribution >= 0.6 is 0 Å². The van der Waals surface area contributed by atoms with Crippen molar-refractivity contribution in [3.63, 3.8) is 0 Å². The SMILES string of the molecule is CC1(C)CCCNC1C(=O)N1CCCC1C1CCCC1. The van der Waals surface area contributed by atoms with Gasteiger partial charge in [-0.3, -0.25) is 4.79 Å². The third-order valence-corrected chi connectivity index (χ3v) is 5.90. The fraction of sp³-hybridized carbons (Fsp3) is 0.941. The molecule has 114 valence electrons. The maximum atomic E-state index is 13.0. The van der Waals surface area contributed by atoms with Crippen molar-refractivity contribution in [3.05, 3.63) is 0 Å². The standard InChI is InChI=1S/C17H30N2O/c1-17(2)10-6-11-18-15(17)16(20)19-12-5-9-14(19)13-7-3-4-8-13/h13-15,18H,3-12H2,1-2H3. The van der Waals surface area contributed by atoms with E-state index >= 15 is 0 Å². The van der Waals surface area contributed by atoms with E-state index in [1.165, 1.54) is 51.4 Å². The Hall–Kier alpha value is -0.570. The molecule has 0 aromatic rings. The van der Waals surface area contributed by atoms with Crippen LogP contribution in [0, 0.1) is 11.3 Å². The number of likely N-dealkylation sites (tertiary alicyclic amines) is 1. The van der Waals surface area contributed by atoms with Gasteiger partial charge in [0.15, 0.2) is 0 Å². The quantitative estimate of drug-likeness (QED) is 0.842. The highest BCUT2D eigenvalue weighted by Gasteiger charge is 2.43. The van der Waals surface area contributed by atoms with Crippen molar-refractivity contribution < 1.29 is 4.79 Å². The molecule has 2 aliphatic heterocycles. The van der Waals surface area contributed by atoms with Gasteiger partial charge in [0.2, 0.25) is 5.91 Å². The molecule has 3 heteroatoms. The van der Waals surface area contributed by atoms with E-state index in [1.54, 1.807) is 0 Å². The van der Waals surface area contributed by atoms with E-state index in [9.17, 15) is 4.79 Å². The van der Waals surface area contributed by atoms with Gasteiger partial charge in [0.05, 0.1) is 6.04 Å². The minimum Gasteiger partial charge on any atom is -0.338 e. The van der Waals surface area contributed by atoms with E-state index in [0.717, 1.165) is 19.0 Å². The molecule has 1 N–H and O–H groups in total. The van der Waals surface area contributed by atoms with Crippen LogP contribution in [0.4, 0.5) is 0 Å². The van der Waals surface area contributed by atoms with Crippen LogP contribution in [-0.4, -0.2) is 36.0 Å². The number of nitrogens with one attached hydrogen (secondary N) is 1. The number of hydrogen-bond acceptors (Lipinski definition) is 2. The van der Waals surface area contributed by atoms with E-state index in [0.29, 0.717) is 11.9 Å². The molecule has 1 saturated carbocycles. The first-order chi connectivity index (χ1) is 9.59. The molecule has 0 radical (unpaired) electrons. The number of amides is 1. The first kappa shape index (κ1) is 14.4. The van der Waals surface area contributed by atoms with Crippen molar-refractivity contribution in [2.24, 2.45) is 11.3 Å². The van der Waals surface area contributed by atoms with Crippen molar-refractivity contribution >= 4 is 5.91 Å². The average Bonchev–Trinajstić information content (AvgIpc) is 3.08. The zero-order valence-electron chi connectivity index (χ0n) is 13.2. The van der Waals surface area contributed by atoms with Crippen LogP contribution in [0.15, 0.2) is 0 Å². The van der Waals surface area contributed by atoms with Crippen LogP contribution in [0.5, 0.6) is 0 Å². The van der Waals surface area contributed by atoms with E-state index in [2.05, 4.69) is 24.1 Å². The number of rotatable bonds is 2. The second-order valence-corrected chi connectivity index (χ2v) is 7.77. The fourth-order valence-electron chi connectivity index (χ4n) is 4.70. The molecular formula is C17H30N2O. The van der Waals surface area contributed by atoms with Gasteiger partial charge in [0.25, 0.3) is 0 Å². The summed E-state index contributed by atoms with van der Waals surface area (Å²) < 4.78 is 0. The van der Waals surface area contributed by atoms with Crippen LogP contribution in [-0.2, 0) is 4.79 Å². The predicted molar refractivity (Wildman–Crippen MR) is 81.5 cm³/mol. The maximum absolute atomic E-state index is 13.0. The highest BCUT2D eigenvalue weighted by atomic mass is 16.2. The third-order valence-electron chi connectivity index (χ3n) is 5.90. The molecule has 20 heavy (non-hydrogen) atoms. The Morgan fingerprint density at radius 1 is 1.10 bits per heavy atom. The van der Waals surface area contributed by atoms with Gasteiger partial charge in [0, 0.05) is 12.6 Å². The third kappa shape index (κ3) is 2.61. The normalized spacial score (nSPS) is 34.6. The topological polar surface area (TPSA) is 32.3 Å². The Morgan fingerprint density at radius 3 is 2.55 bits per heavy atom. The fourth-order valence-corrected chi connectivity index (χ4v) is 4.70. The summed E-state index contributed by atoms with van der Waals surface area (Å²) in [6.45, 7) is 6.50. The van der Waals surface area contributed by atoms with Gasteiger partial charge >= 0.3 is 0 Å². The van der Waals surface area contributed by atoms with Crippen molar-refractivity contribution in [2.75, 3.05) is 13.1 Å². The van der Waals surface area contributed by atoms with E-state index in [1.807, 2.05) is 0 Å². The maximum Gasteiger partial charge on any atom is 0.240 e. The van der Waals surface area contributed by atoms with Gasteiger partial charge in [-0.25, -0.2) is 0 Å². The van der Waals surface area contributed by atoms with Crippen LogP contribution in [0.1, 0.15) is 65.2 Å². The lowest BCUT2D eigenvalue weighted by molar-refractivity contribution is -0.139. The van der Waals surface area contributed by atoms with Gasteiger partial charge in [-0.1, -0.05) is 26.7 Å². The summed E-state index contributed by atoms with van der Waals surface area (Å²) in [5, 5.41) is 3.51. The van der Waals surface area contributed by atoms with Crippen LogP contribution < -0.4 is 5.32 Å². The van der Waals surface area contributed by atoms with Gasteiger partial charge in [-0.2, -0.15) is 0 Å².